The van der Waals surface area contributed by atoms with Crippen molar-refractivity contribution in [1.82, 2.24) is 0 Å². The van der Waals surface area contributed by atoms with E-state index in [4.69, 9.17) is 5.11 Å². The summed E-state index contributed by atoms with van der Waals surface area (Å²) in [6.07, 6.45) is 0.797. The molecular weight excluding hydrogens is 200 g/mol. The molecule has 0 aromatic carbocycles. The number of carbonyl (C=O) groups is 3. The van der Waals surface area contributed by atoms with E-state index in [9.17, 15) is 14.4 Å². The van der Waals surface area contributed by atoms with Gasteiger partial charge in [0.1, 0.15) is 5.78 Å². The molecule has 0 saturated heterocycles. The monoisotopic (exact) mass is 214 g/mol. The molecule has 5 nitrogen and oxygen atoms in total. The summed E-state index contributed by atoms with van der Waals surface area (Å²) < 4.78 is 4.47. The van der Waals surface area contributed by atoms with Crippen molar-refractivity contribution in [3.63, 3.8) is 0 Å². The molecule has 0 unspecified atom stereocenters. The number of Topliss-reactive ketones (excluding diaryl/α,β-unsaturated/α-hetero) is 1. The lowest BCUT2D eigenvalue weighted by Gasteiger charge is -2.31. The van der Waals surface area contributed by atoms with Gasteiger partial charge in [0.15, 0.2) is 0 Å². The number of hydrogen-bond donors (Lipinski definition) is 1. The van der Waals surface area contributed by atoms with E-state index in [0.717, 1.165) is 0 Å². The first-order valence-corrected chi connectivity index (χ1v) is 4.82. The molecule has 15 heavy (non-hydrogen) atoms. The molecular formula is C10H14O5. The number of aliphatic carboxylic acids is 1. The zero-order chi connectivity index (χ0) is 11.5. The Bertz CT molecular complexity index is 284. The third-order valence-electron chi connectivity index (χ3n) is 2.93. The van der Waals surface area contributed by atoms with E-state index in [1.165, 1.54) is 7.11 Å². The lowest BCUT2D eigenvalue weighted by molar-refractivity contribution is -0.160. The fraction of sp³-hybridized carbons (Fsp3) is 0.700. The lowest BCUT2D eigenvalue weighted by Crippen LogP contribution is -2.37. The zero-order valence-corrected chi connectivity index (χ0v) is 8.62. The lowest BCUT2D eigenvalue weighted by atomic mass is 9.71. The van der Waals surface area contributed by atoms with Crippen LogP contribution in [-0.4, -0.2) is 29.9 Å². The second-order valence-electron chi connectivity index (χ2n) is 3.88. The maximum Gasteiger partial charge on any atom is 0.310 e. The van der Waals surface area contributed by atoms with E-state index in [-0.39, 0.29) is 37.9 Å². The van der Waals surface area contributed by atoms with Crippen LogP contribution in [0.25, 0.3) is 0 Å². The highest BCUT2D eigenvalue weighted by molar-refractivity contribution is 5.86. The first kappa shape index (κ1) is 11.7. The first-order chi connectivity index (χ1) is 7.00. The third-order valence-corrected chi connectivity index (χ3v) is 2.93. The number of carboxylic acid groups (broad SMARTS) is 1. The Morgan fingerprint density at radius 3 is 2.33 bits per heavy atom. The Balaban J connectivity index is 2.75. The molecule has 0 aromatic heterocycles. The normalized spacial score (nSPS) is 19.7. The van der Waals surface area contributed by atoms with Gasteiger partial charge in [-0.2, -0.15) is 0 Å². The maximum atomic E-state index is 11.1. The summed E-state index contributed by atoms with van der Waals surface area (Å²) in [6.45, 7) is 0. The number of ketones is 1. The standard InChI is InChI=1S/C10H14O5/c1-15-8(12)6-10(9(13)14)4-2-7(11)3-5-10/h2-6H2,1H3,(H,13,14). The van der Waals surface area contributed by atoms with Crippen molar-refractivity contribution < 1.29 is 24.2 Å². The van der Waals surface area contributed by atoms with Gasteiger partial charge < -0.3 is 9.84 Å². The number of carboxylic acids is 1. The van der Waals surface area contributed by atoms with E-state index < -0.39 is 17.4 Å². The predicted octanol–water partition coefficient (Wildman–Crippen LogP) is 0.764. The van der Waals surface area contributed by atoms with E-state index >= 15 is 0 Å². The van der Waals surface area contributed by atoms with Crippen LogP contribution in [0.3, 0.4) is 0 Å². The summed E-state index contributed by atoms with van der Waals surface area (Å²) in [7, 11) is 1.23. The molecule has 1 aliphatic rings. The van der Waals surface area contributed by atoms with Crippen LogP contribution in [0.5, 0.6) is 0 Å². The molecule has 1 saturated carbocycles. The average Bonchev–Trinajstić information content (AvgIpc) is 2.21. The van der Waals surface area contributed by atoms with Gasteiger partial charge in [-0.15, -0.1) is 0 Å². The summed E-state index contributed by atoms with van der Waals surface area (Å²) in [5.74, 6) is -1.48. The minimum atomic E-state index is -1.10. The van der Waals surface area contributed by atoms with Crippen LogP contribution in [0.2, 0.25) is 0 Å². The van der Waals surface area contributed by atoms with E-state index in [1.54, 1.807) is 0 Å². The van der Waals surface area contributed by atoms with E-state index in [1.807, 2.05) is 0 Å². The van der Waals surface area contributed by atoms with Crippen LogP contribution in [0.4, 0.5) is 0 Å². The van der Waals surface area contributed by atoms with E-state index in [2.05, 4.69) is 4.74 Å². The second kappa shape index (κ2) is 4.42. The molecule has 0 aliphatic heterocycles. The highest BCUT2D eigenvalue weighted by atomic mass is 16.5. The Kier molecular flexibility index (Phi) is 3.44. The van der Waals surface area contributed by atoms with Crippen LogP contribution >= 0.6 is 0 Å². The second-order valence-corrected chi connectivity index (χ2v) is 3.88. The number of rotatable bonds is 3. The molecule has 0 radical (unpaired) electrons. The molecule has 0 heterocycles. The van der Waals surface area contributed by atoms with Gasteiger partial charge in [0.2, 0.25) is 0 Å². The molecule has 1 aliphatic carbocycles. The van der Waals surface area contributed by atoms with Crippen molar-refractivity contribution in [3.05, 3.63) is 0 Å². The summed E-state index contributed by atoms with van der Waals surface area (Å²) >= 11 is 0. The highest BCUT2D eigenvalue weighted by Gasteiger charge is 2.43. The number of hydrogen-bond acceptors (Lipinski definition) is 4. The van der Waals surface area contributed by atoms with Gasteiger partial charge in [0.25, 0.3) is 0 Å². The van der Waals surface area contributed by atoms with Crippen molar-refractivity contribution >= 4 is 17.7 Å². The minimum Gasteiger partial charge on any atom is -0.481 e. The summed E-state index contributed by atoms with van der Waals surface area (Å²) in [4.78, 5) is 33.2. The highest BCUT2D eigenvalue weighted by Crippen LogP contribution is 2.38. The molecule has 1 rings (SSSR count). The Morgan fingerprint density at radius 2 is 1.93 bits per heavy atom. The number of esters is 1. The number of carbonyl (C=O) groups excluding carboxylic acids is 2. The topological polar surface area (TPSA) is 80.7 Å². The minimum absolute atomic E-state index is 0.0664. The van der Waals surface area contributed by atoms with Crippen molar-refractivity contribution in [2.45, 2.75) is 32.1 Å². The van der Waals surface area contributed by atoms with Crippen LogP contribution in [0, 0.1) is 5.41 Å². The number of methoxy groups -OCH3 is 1. The molecule has 0 aromatic rings. The quantitative estimate of drug-likeness (QED) is 0.701. The van der Waals surface area contributed by atoms with Gasteiger partial charge in [0, 0.05) is 12.8 Å². The Hall–Kier alpha value is -1.39. The predicted molar refractivity (Wildman–Crippen MR) is 50.2 cm³/mol. The Labute approximate surface area is 87.4 Å². The zero-order valence-electron chi connectivity index (χ0n) is 8.62. The fourth-order valence-electron chi connectivity index (χ4n) is 1.82. The van der Waals surface area contributed by atoms with Crippen molar-refractivity contribution in [1.29, 1.82) is 0 Å². The van der Waals surface area contributed by atoms with Crippen molar-refractivity contribution in [2.75, 3.05) is 7.11 Å². The molecule has 0 spiro atoms. The van der Waals surface area contributed by atoms with Gasteiger partial charge in [-0.1, -0.05) is 0 Å². The van der Waals surface area contributed by atoms with Crippen LogP contribution in [-0.2, 0) is 19.1 Å². The first-order valence-electron chi connectivity index (χ1n) is 4.82. The van der Waals surface area contributed by atoms with Gasteiger partial charge in [-0.25, -0.2) is 0 Å². The van der Waals surface area contributed by atoms with Gasteiger partial charge in [-0.3, -0.25) is 14.4 Å². The van der Waals surface area contributed by atoms with Gasteiger partial charge >= 0.3 is 11.9 Å². The molecule has 5 heteroatoms. The molecule has 0 amide bonds. The number of ether oxygens (including phenoxy) is 1. The average molecular weight is 214 g/mol. The molecule has 84 valence electrons. The summed E-state index contributed by atoms with van der Waals surface area (Å²) in [5.41, 5.74) is -1.10. The maximum absolute atomic E-state index is 11.1. The van der Waals surface area contributed by atoms with Crippen LogP contribution in [0.15, 0.2) is 0 Å². The van der Waals surface area contributed by atoms with Gasteiger partial charge in [-0.05, 0) is 12.8 Å². The van der Waals surface area contributed by atoms with E-state index in [0.29, 0.717) is 0 Å². The fourth-order valence-corrected chi connectivity index (χ4v) is 1.82. The summed E-state index contributed by atoms with van der Waals surface area (Å²) in [6, 6.07) is 0. The van der Waals surface area contributed by atoms with Crippen LogP contribution < -0.4 is 0 Å². The SMILES string of the molecule is COC(=O)CC1(C(=O)O)CCC(=O)CC1. The largest absolute Gasteiger partial charge is 0.481 e. The molecule has 1 N–H and O–H groups in total. The molecule has 1 fully saturated rings. The van der Waals surface area contributed by atoms with Crippen molar-refractivity contribution in [3.8, 4) is 0 Å². The Morgan fingerprint density at radius 1 is 1.40 bits per heavy atom. The van der Waals surface area contributed by atoms with Gasteiger partial charge in [0.05, 0.1) is 18.9 Å². The van der Waals surface area contributed by atoms with Crippen LogP contribution in [0.1, 0.15) is 32.1 Å². The van der Waals surface area contributed by atoms with Crippen molar-refractivity contribution in [2.24, 2.45) is 5.41 Å². The molecule has 0 bridgehead atoms. The molecule has 0 atom stereocenters. The smallest absolute Gasteiger partial charge is 0.310 e. The summed E-state index contributed by atoms with van der Waals surface area (Å²) in [5, 5.41) is 9.10. The third kappa shape index (κ3) is 2.55.